The lowest BCUT2D eigenvalue weighted by Crippen LogP contribution is -2.33. The second-order valence-corrected chi connectivity index (χ2v) is 8.19. The van der Waals surface area contributed by atoms with Gasteiger partial charge in [0.25, 0.3) is 0 Å². The summed E-state index contributed by atoms with van der Waals surface area (Å²) in [6.07, 6.45) is 1.58. The second-order valence-electron chi connectivity index (χ2n) is 5.55. The van der Waals surface area contributed by atoms with Gasteiger partial charge in [0, 0.05) is 24.7 Å². The van der Waals surface area contributed by atoms with Crippen molar-refractivity contribution >= 4 is 21.4 Å². The topological polar surface area (TPSA) is 55.8 Å². The first-order valence-corrected chi connectivity index (χ1v) is 9.80. The highest BCUT2D eigenvalue weighted by atomic mass is 32.2. The van der Waals surface area contributed by atoms with Crippen LogP contribution >= 0.6 is 11.3 Å². The molecule has 0 radical (unpaired) electrons. The summed E-state index contributed by atoms with van der Waals surface area (Å²) in [6.45, 7) is 0.240. The minimum Gasteiger partial charge on any atom is -0.493 e. The number of methoxy groups -OCH3 is 2. The third kappa shape index (κ3) is 3.26. The number of ether oxygens (including phenoxy) is 2. The van der Waals surface area contributed by atoms with Gasteiger partial charge < -0.3 is 9.47 Å². The van der Waals surface area contributed by atoms with E-state index in [0.29, 0.717) is 0 Å². The lowest BCUT2D eigenvalue weighted by molar-refractivity contribution is 0.348. The van der Waals surface area contributed by atoms with E-state index in [1.165, 1.54) is 35.9 Å². The molecule has 1 aliphatic carbocycles. The van der Waals surface area contributed by atoms with Crippen LogP contribution in [0.1, 0.15) is 18.4 Å². The van der Waals surface area contributed by atoms with E-state index in [0.717, 1.165) is 24.5 Å². The summed E-state index contributed by atoms with van der Waals surface area (Å²) >= 11 is 1.50. The summed E-state index contributed by atoms with van der Waals surface area (Å²) in [5.41, 5.74) is 0.899. The predicted molar refractivity (Wildman–Crippen MR) is 89.6 cm³/mol. The number of nitrogens with zero attached hydrogens (tertiary/aromatic N) is 1. The van der Waals surface area contributed by atoms with Crippen molar-refractivity contribution in [1.29, 1.82) is 0 Å². The molecule has 0 spiro atoms. The van der Waals surface area contributed by atoms with Crippen molar-refractivity contribution in [3.05, 3.63) is 40.3 Å². The lowest BCUT2D eigenvalue weighted by atomic mass is 10.3. The fourth-order valence-corrected chi connectivity index (χ4v) is 4.89. The normalized spacial score (nSPS) is 14.8. The quantitative estimate of drug-likeness (QED) is 0.750. The Kier molecular flexibility index (Phi) is 4.80. The summed E-state index contributed by atoms with van der Waals surface area (Å²) < 4.78 is 52.0. The monoisotopic (exact) mass is 371 g/mol. The van der Waals surface area contributed by atoms with Gasteiger partial charge in [-0.2, -0.15) is 15.6 Å². The minimum atomic E-state index is -3.97. The number of halogens is 1. The molecule has 0 bridgehead atoms. The maximum absolute atomic E-state index is 14.4. The molecule has 0 atom stereocenters. The Bertz CT molecular complexity index is 817. The molecule has 0 N–H and O–H groups in total. The van der Waals surface area contributed by atoms with Crippen molar-refractivity contribution in [1.82, 2.24) is 4.31 Å². The zero-order chi connectivity index (χ0) is 17.3. The van der Waals surface area contributed by atoms with Crippen LogP contribution < -0.4 is 9.47 Å². The van der Waals surface area contributed by atoms with Crippen molar-refractivity contribution in [3.8, 4) is 11.5 Å². The number of benzene rings is 1. The second kappa shape index (κ2) is 6.70. The molecule has 0 amide bonds. The Balaban J connectivity index is 2.01. The third-order valence-corrected chi connectivity index (χ3v) is 6.54. The fraction of sp³-hybridized carbons (Fsp3) is 0.375. The van der Waals surface area contributed by atoms with E-state index in [1.54, 1.807) is 0 Å². The van der Waals surface area contributed by atoms with E-state index >= 15 is 0 Å². The van der Waals surface area contributed by atoms with Crippen molar-refractivity contribution in [2.24, 2.45) is 0 Å². The van der Waals surface area contributed by atoms with Crippen LogP contribution in [0.25, 0.3) is 0 Å². The van der Waals surface area contributed by atoms with Crippen molar-refractivity contribution in [3.63, 3.8) is 0 Å². The van der Waals surface area contributed by atoms with Gasteiger partial charge in [-0.1, -0.05) is 0 Å². The van der Waals surface area contributed by atoms with Crippen LogP contribution in [0.5, 0.6) is 11.5 Å². The summed E-state index contributed by atoms with van der Waals surface area (Å²) in [5, 5.41) is 3.79. The number of hydrogen-bond donors (Lipinski definition) is 0. The molecule has 0 unspecified atom stereocenters. The van der Waals surface area contributed by atoms with Crippen LogP contribution in [0.4, 0.5) is 4.39 Å². The molecule has 24 heavy (non-hydrogen) atoms. The molecule has 5 nitrogen and oxygen atoms in total. The maximum Gasteiger partial charge on any atom is 0.246 e. The lowest BCUT2D eigenvalue weighted by Gasteiger charge is -2.22. The van der Waals surface area contributed by atoms with Gasteiger partial charge in [-0.3, -0.25) is 0 Å². The smallest absolute Gasteiger partial charge is 0.246 e. The molecule has 8 heteroatoms. The number of thiophene rings is 1. The molecule has 1 fully saturated rings. The van der Waals surface area contributed by atoms with Crippen LogP contribution in [0.2, 0.25) is 0 Å². The first kappa shape index (κ1) is 17.2. The van der Waals surface area contributed by atoms with E-state index in [1.807, 2.05) is 16.8 Å². The van der Waals surface area contributed by atoms with Gasteiger partial charge in [0.05, 0.1) is 14.2 Å². The number of hydrogen-bond acceptors (Lipinski definition) is 5. The Morgan fingerprint density at radius 1 is 1.25 bits per heavy atom. The fourth-order valence-electron chi connectivity index (χ4n) is 2.49. The van der Waals surface area contributed by atoms with E-state index < -0.39 is 15.8 Å². The molecule has 3 rings (SSSR count). The molecule has 1 aromatic heterocycles. The Morgan fingerprint density at radius 2 is 1.92 bits per heavy atom. The van der Waals surface area contributed by atoms with Crippen LogP contribution in [-0.2, 0) is 16.6 Å². The third-order valence-electron chi connectivity index (χ3n) is 3.90. The zero-order valence-electron chi connectivity index (χ0n) is 13.4. The summed E-state index contributed by atoms with van der Waals surface area (Å²) in [5.74, 6) is -0.503. The Hall–Kier alpha value is -1.64. The van der Waals surface area contributed by atoms with Crippen LogP contribution in [-0.4, -0.2) is 33.0 Å². The first-order valence-electron chi connectivity index (χ1n) is 7.42. The van der Waals surface area contributed by atoms with Crippen LogP contribution in [0, 0.1) is 5.82 Å². The predicted octanol–water partition coefficient (Wildman–Crippen LogP) is 3.26. The van der Waals surface area contributed by atoms with Crippen LogP contribution in [0.15, 0.2) is 33.9 Å². The zero-order valence-corrected chi connectivity index (χ0v) is 15.0. The number of rotatable bonds is 7. The average Bonchev–Trinajstić information content (AvgIpc) is 3.27. The highest BCUT2D eigenvalue weighted by Gasteiger charge is 2.39. The van der Waals surface area contributed by atoms with Gasteiger partial charge >= 0.3 is 0 Å². The molecule has 1 saturated carbocycles. The number of sulfonamides is 1. The van der Waals surface area contributed by atoms with E-state index in [9.17, 15) is 12.8 Å². The van der Waals surface area contributed by atoms with Gasteiger partial charge in [0.1, 0.15) is 10.7 Å². The minimum absolute atomic E-state index is 0.0811. The summed E-state index contributed by atoms with van der Waals surface area (Å²) in [7, 11) is -1.22. The highest BCUT2D eigenvalue weighted by molar-refractivity contribution is 7.89. The Morgan fingerprint density at radius 3 is 2.46 bits per heavy atom. The Labute approximate surface area is 144 Å². The highest BCUT2D eigenvalue weighted by Crippen LogP contribution is 2.37. The molecular formula is C16H18FNO4S2. The molecule has 1 aliphatic rings. The molecule has 1 aromatic carbocycles. The van der Waals surface area contributed by atoms with Crippen molar-refractivity contribution in [2.75, 3.05) is 14.2 Å². The average molecular weight is 371 g/mol. The first-order chi connectivity index (χ1) is 11.5. The molecule has 1 heterocycles. The van der Waals surface area contributed by atoms with Gasteiger partial charge in [0.2, 0.25) is 10.0 Å². The molecule has 0 aliphatic heterocycles. The molecule has 2 aromatic rings. The van der Waals surface area contributed by atoms with Crippen molar-refractivity contribution in [2.45, 2.75) is 30.3 Å². The van der Waals surface area contributed by atoms with Gasteiger partial charge in [0.15, 0.2) is 11.5 Å². The molecular weight excluding hydrogens is 353 g/mol. The molecule has 130 valence electrons. The van der Waals surface area contributed by atoms with E-state index in [-0.39, 0.29) is 29.0 Å². The van der Waals surface area contributed by atoms with Crippen molar-refractivity contribution < 1.29 is 22.3 Å². The largest absolute Gasteiger partial charge is 0.493 e. The standard InChI is InChI=1S/C16H18FNO4S2/c1-21-14-7-13(17)16(8-15(14)22-2)24(19,20)18(12-3-4-12)9-11-5-6-23-10-11/h5-8,10,12H,3-4,9H2,1-2H3. The maximum atomic E-state index is 14.4. The van der Waals surface area contributed by atoms with Gasteiger partial charge in [-0.05, 0) is 35.2 Å². The molecule has 0 saturated heterocycles. The van der Waals surface area contributed by atoms with Gasteiger partial charge in [-0.25, -0.2) is 12.8 Å². The van der Waals surface area contributed by atoms with Crippen LogP contribution in [0.3, 0.4) is 0 Å². The van der Waals surface area contributed by atoms with Gasteiger partial charge in [-0.15, -0.1) is 0 Å². The van der Waals surface area contributed by atoms with E-state index in [2.05, 4.69) is 0 Å². The van der Waals surface area contributed by atoms with E-state index in [4.69, 9.17) is 9.47 Å². The summed E-state index contributed by atoms with van der Waals surface area (Å²) in [6, 6.07) is 4.02. The summed E-state index contributed by atoms with van der Waals surface area (Å²) in [4.78, 5) is -0.387. The SMILES string of the molecule is COc1cc(F)c(S(=O)(=O)N(Cc2ccsc2)C2CC2)cc1OC.